The van der Waals surface area contributed by atoms with Crippen LogP contribution in [0.2, 0.25) is 0 Å². The van der Waals surface area contributed by atoms with Crippen LogP contribution in [0.15, 0.2) is 18.2 Å². The number of carbonyl (C=O) groups excluding carboxylic acids is 1. The fraction of sp³-hybridized carbons (Fsp3) is 0.400. The first-order valence-corrected chi connectivity index (χ1v) is 6.11. The van der Waals surface area contributed by atoms with Crippen molar-refractivity contribution in [2.75, 3.05) is 18.0 Å². The average Bonchev–Trinajstić information content (AvgIpc) is 3.12. The van der Waals surface area contributed by atoms with E-state index in [9.17, 15) is 9.18 Å². The largest absolute Gasteiger partial charge is 0.357 e. The Kier molecular flexibility index (Phi) is 3.66. The predicted molar refractivity (Wildman–Crippen MR) is 70.2 cm³/mol. The summed E-state index contributed by atoms with van der Waals surface area (Å²) >= 11 is 0. The minimum Gasteiger partial charge on any atom is -0.357 e. The van der Waals surface area contributed by atoms with Crippen LogP contribution in [0.4, 0.5) is 10.1 Å². The van der Waals surface area contributed by atoms with Gasteiger partial charge in [0.05, 0.1) is 12.2 Å². The van der Waals surface area contributed by atoms with E-state index >= 15 is 0 Å². The van der Waals surface area contributed by atoms with Crippen molar-refractivity contribution in [2.24, 2.45) is 5.92 Å². The first-order valence-electron chi connectivity index (χ1n) is 6.11. The van der Waals surface area contributed by atoms with Crippen molar-refractivity contribution in [3.05, 3.63) is 29.6 Å². The molecule has 0 heterocycles. The molecule has 0 aliphatic heterocycles. The summed E-state index contributed by atoms with van der Waals surface area (Å²) in [6.45, 7) is 2.51. The molecule has 1 saturated carbocycles. The van der Waals surface area contributed by atoms with Crippen molar-refractivity contribution in [3.8, 4) is 12.3 Å². The van der Waals surface area contributed by atoms with Gasteiger partial charge in [0.25, 0.3) is 0 Å². The van der Waals surface area contributed by atoms with E-state index in [0.29, 0.717) is 23.7 Å². The van der Waals surface area contributed by atoms with E-state index in [0.717, 1.165) is 19.4 Å². The van der Waals surface area contributed by atoms with Crippen LogP contribution in [0.1, 0.15) is 30.1 Å². The highest BCUT2D eigenvalue weighted by atomic mass is 19.1. The number of halogens is 1. The molecular formula is C15H16FNO. The first-order chi connectivity index (χ1) is 8.63. The van der Waals surface area contributed by atoms with Crippen molar-refractivity contribution in [2.45, 2.75) is 19.8 Å². The van der Waals surface area contributed by atoms with Gasteiger partial charge in [0.15, 0.2) is 5.78 Å². The third-order valence-electron chi connectivity index (χ3n) is 3.14. The fourth-order valence-electron chi connectivity index (χ4n) is 2.08. The Morgan fingerprint density at radius 1 is 1.56 bits per heavy atom. The molecule has 0 atom stereocenters. The quantitative estimate of drug-likeness (QED) is 0.587. The van der Waals surface area contributed by atoms with Gasteiger partial charge in [0.2, 0.25) is 0 Å². The zero-order valence-electron chi connectivity index (χ0n) is 10.4. The molecule has 1 fully saturated rings. The first kappa shape index (κ1) is 12.6. The lowest BCUT2D eigenvalue weighted by molar-refractivity contribution is 0.101. The Hall–Kier alpha value is -1.82. The number of nitrogens with zero attached hydrogens (tertiary/aromatic N) is 1. The number of terminal acetylenes is 1. The highest BCUT2D eigenvalue weighted by molar-refractivity contribution is 5.99. The van der Waals surface area contributed by atoms with Crippen molar-refractivity contribution < 1.29 is 9.18 Å². The van der Waals surface area contributed by atoms with Crippen LogP contribution >= 0.6 is 0 Å². The van der Waals surface area contributed by atoms with Gasteiger partial charge in [-0.25, -0.2) is 4.39 Å². The molecule has 94 valence electrons. The monoisotopic (exact) mass is 245 g/mol. The Morgan fingerprint density at radius 2 is 2.28 bits per heavy atom. The average molecular weight is 245 g/mol. The summed E-state index contributed by atoms with van der Waals surface area (Å²) in [4.78, 5) is 13.4. The van der Waals surface area contributed by atoms with E-state index in [1.54, 1.807) is 12.1 Å². The second kappa shape index (κ2) is 5.22. The molecule has 2 rings (SSSR count). The van der Waals surface area contributed by atoms with Crippen LogP contribution in [0, 0.1) is 24.1 Å². The molecule has 1 aromatic carbocycles. The van der Waals surface area contributed by atoms with Crippen LogP contribution in [0.25, 0.3) is 0 Å². The number of hydrogen-bond acceptors (Lipinski definition) is 2. The molecule has 0 unspecified atom stereocenters. The van der Waals surface area contributed by atoms with Crippen LogP contribution in [0.3, 0.4) is 0 Å². The maximum atomic E-state index is 14.0. The molecule has 3 heteroatoms. The number of hydrogen-bond donors (Lipinski definition) is 0. The molecular weight excluding hydrogens is 229 g/mol. The zero-order valence-corrected chi connectivity index (χ0v) is 10.4. The molecule has 0 N–H and O–H groups in total. The number of carbonyl (C=O) groups is 1. The second-order valence-electron chi connectivity index (χ2n) is 4.72. The van der Waals surface area contributed by atoms with Gasteiger partial charge < -0.3 is 4.90 Å². The van der Waals surface area contributed by atoms with Crippen LogP contribution in [-0.4, -0.2) is 18.9 Å². The lowest BCUT2D eigenvalue weighted by Gasteiger charge is -2.25. The number of Topliss-reactive ketones (excluding diaryl/α,β-unsaturated/α-hetero) is 1. The van der Waals surface area contributed by atoms with E-state index < -0.39 is 0 Å². The topological polar surface area (TPSA) is 20.3 Å². The Labute approximate surface area is 107 Å². The summed E-state index contributed by atoms with van der Waals surface area (Å²) in [6, 6.07) is 4.58. The van der Waals surface area contributed by atoms with Crippen LogP contribution in [-0.2, 0) is 0 Å². The molecule has 0 saturated heterocycles. The van der Waals surface area contributed by atoms with Crippen LogP contribution in [0.5, 0.6) is 0 Å². The second-order valence-corrected chi connectivity index (χ2v) is 4.72. The van der Waals surface area contributed by atoms with Gasteiger partial charge in [-0.2, -0.15) is 0 Å². The highest BCUT2D eigenvalue weighted by Gasteiger charge is 2.27. The summed E-state index contributed by atoms with van der Waals surface area (Å²) in [6.07, 6.45) is 7.66. The van der Waals surface area contributed by atoms with Gasteiger partial charge in [0.1, 0.15) is 5.82 Å². The normalized spacial score (nSPS) is 14.1. The Morgan fingerprint density at radius 3 is 2.83 bits per heavy atom. The summed E-state index contributed by atoms with van der Waals surface area (Å²) in [5, 5.41) is 0. The number of anilines is 1. The fourth-order valence-corrected chi connectivity index (χ4v) is 2.08. The molecule has 0 spiro atoms. The standard InChI is InChI=1S/C15H16FNO/c1-3-9-17(10-12-7-8-12)15-13(11(2)18)5-4-6-14(15)16/h1,4-6,12H,7-10H2,2H3. The van der Waals surface area contributed by atoms with Gasteiger partial charge in [-0.3, -0.25) is 4.79 Å². The van der Waals surface area contributed by atoms with E-state index in [1.807, 2.05) is 4.90 Å². The van der Waals surface area contributed by atoms with Gasteiger partial charge in [-0.15, -0.1) is 6.42 Å². The number of ketones is 1. The van der Waals surface area contributed by atoms with Crippen molar-refractivity contribution in [3.63, 3.8) is 0 Å². The summed E-state index contributed by atoms with van der Waals surface area (Å²) < 4.78 is 14.0. The third-order valence-corrected chi connectivity index (χ3v) is 3.14. The molecule has 0 bridgehead atoms. The number of para-hydroxylation sites is 1. The summed E-state index contributed by atoms with van der Waals surface area (Å²) in [7, 11) is 0. The van der Waals surface area contributed by atoms with Gasteiger partial charge in [0, 0.05) is 12.1 Å². The van der Waals surface area contributed by atoms with Gasteiger partial charge >= 0.3 is 0 Å². The minimum absolute atomic E-state index is 0.137. The SMILES string of the molecule is C#CCN(CC1CC1)c1c(F)cccc1C(C)=O. The van der Waals surface area contributed by atoms with E-state index in [4.69, 9.17) is 6.42 Å². The molecule has 0 aromatic heterocycles. The number of rotatable bonds is 5. The van der Waals surface area contributed by atoms with Crippen molar-refractivity contribution in [1.29, 1.82) is 0 Å². The maximum Gasteiger partial charge on any atom is 0.161 e. The third kappa shape index (κ3) is 2.70. The van der Waals surface area contributed by atoms with Gasteiger partial charge in [-0.05, 0) is 37.8 Å². The predicted octanol–water partition coefficient (Wildman–Crippen LogP) is 2.88. The lowest BCUT2D eigenvalue weighted by Crippen LogP contribution is -2.28. The smallest absolute Gasteiger partial charge is 0.161 e. The molecule has 2 nitrogen and oxygen atoms in total. The number of benzene rings is 1. The van der Waals surface area contributed by atoms with E-state index in [1.165, 1.54) is 13.0 Å². The molecule has 18 heavy (non-hydrogen) atoms. The molecule has 1 aliphatic rings. The summed E-state index contributed by atoms with van der Waals surface area (Å²) in [5.41, 5.74) is 0.765. The Bertz CT molecular complexity index is 500. The van der Waals surface area contributed by atoms with Gasteiger partial charge in [-0.1, -0.05) is 12.0 Å². The minimum atomic E-state index is -0.376. The Balaban J connectivity index is 2.38. The summed E-state index contributed by atoms with van der Waals surface area (Å²) in [5.74, 6) is 2.61. The van der Waals surface area contributed by atoms with Crippen molar-refractivity contribution in [1.82, 2.24) is 0 Å². The molecule has 0 amide bonds. The zero-order chi connectivity index (χ0) is 13.1. The van der Waals surface area contributed by atoms with Crippen molar-refractivity contribution >= 4 is 11.5 Å². The lowest BCUT2D eigenvalue weighted by atomic mass is 10.1. The highest BCUT2D eigenvalue weighted by Crippen LogP contribution is 2.33. The molecule has 0 radical (unpaired) electrons. The van der Waals surface area contributed by atoms with E-state index in [2.05, 4.69) is 5.92 Å². The molecule has 1 aromatic rings. The molecule has 1 aliphatic carbocycles. The van der Waals surface area contributed by atoms with Crippen LogP contribution < -0.4 is 4.90 Å². The van der Waals surface area contributed by atoms with E-state index in [-0.39, 0.29) is 11.6 Å². The maximum absolute atomic E-state index is 14.0.